The number of nitrogens with one attached hydrogen (secondary N) is 1. The lowest BCUT2D eigenvalue weighted by Crippen LogP contribution is -2.24. The van der Waals surface area contributed by atoms with Gasteiger partial charge in [0.1, 0.15) is 17.3 Å². The first-order valence-corrected chi connectivity index (χ1v) is 9.78. The lowest BCUT2D eigenvalue weighted by Gasteiger charge is -2.10. The van der Waals surface area contributed by atoms with Crippen LogP contribution in [0.4, 0.5) is 5.82 Å². The molecule has 0 aliphatic carbocycles. The summed E-state index contributed by atoms with van der Waals surface area (Å²) in [5.74, 6) is 2.19. The van der Waals surface area contributed by atoms with E-state index in [1.165, 1.54) is 5.56 Å². The molecule has 0 saturated carbocycles. The third kappa shape index (κ3) is 5.82. The van der Waals surface area contributed by atoms with Crippen LogP contribution < -0.4 is 15.8 Å². The second-order valence-corrected chi connectivity index (χ2v) is 7.56. The maximum atomic E-state index is 12.3. The molecular weight excluding hydrogens is 362 g/mol. The fourth-order valence-corrected chi connectivity index (χ4v) is 3.07. The Hall–Kier alpha value is -3.34. The van der Waals surface area contributed by atoms with Gasteiger partial charge < -0.3 is 15.8 Å². The number of amides is 1. The topological polar surface area (TPSA) is 77.2 Å². The van der Waals surface area contributed by atoms with Crippen LogP contribution >= 0.6 is 0 Å². The van der Waals surface area contributed by atoms with Crippen LogP contribution in [0.25, 0.3) is 0 Å². The third-order valence-corrected chi connectivity index (χ3v) is 4.46. The van der Waals surface area contributed by atoms with E-state index in [1.54, 1.807) is 12.1 Å². The zero-order valence-corrected chi connectivity index (χ0v) is 17.1. The number of aryl methyl sites for hydroxylation is 1. The van der Waals surface area contributed by atoms with E-state index in [2.05, 4.69) is 36.3 Å². The molecule has 0 aliphatic rings. The Kier molecular flexibility index (Phi) is 6.50. The quantitative estimate of drug-likeness (QED) is 0.603. The van der Waals surface area contributed by atoms with E-state index in [-0.39, 0.29) is 11.7 Å². The van der Waals surface area contributed by atoms with Crippen LogP contribution in [0.2, 0.25) is 0 Å². The summed E-state index contributed by atoms with van der Waals surface area (Å²) in [6.45, 7) is 6.64. The van der Waals surface area contributed by atoms with E-state index in [0.717, 1.165) is 29.2 Å². The lowest BCUT2D eigenvalue weighted by atomic mass is 10.0. The van der Waals surface area contributed by atoms with Gasteiger partial charge in [0.15, 0.2) is 0 Å². The maximum Gasteiger partial charge on any atom is 0.255 e. The van der Waals surface area contributed by atoms with Crippen molar-refractivity contribution in [2.45, 2.75) is 33.7 Å². The van der Waals surface area contributed by atoms with Crippen molar-refractivity contribution in [3.05, 3.63) is 83.0 Å². The van der Waals surface area contributed by atoms with Crippen LogP contribution in [0.15, 0.2) is 60.7 Å². The van der Waals surface area contributed by atoms with Crippen LogP contribution in [0.1, 0.15) is 41.0 Å². The Labute approximate surface area is 171 Å². The highest BCUT2D eigenvalue weighted by Crippen LogP contribution is 2.23. The number of benzene rings is 2. The minimum absolute atomic E-state index is 0.239. The number of carbonyl (C=O) groups excluding carboxylic acids is 1. The summed E-state index contributed by atoms with van der Waals surface area (Å²) in [4.78, 5) is 16.4. The number of anilines is 1. The number of nitrogens with two attached hydrogens (primary N) is 1. The van der Waals surface area contributed by atoms with Gasteiger partial charge in [-0.1, -0.05) is 38.1 Å². The van der Waals surface area contributed by atoms with Crippen molar-refractivity contribution >= 4 is 11.7 Å². The van der Waals surface area contributed by atoms with E-state index in [9.17, 15) is 4.79 Å². The lowest BCUT2D eigenvalue weighted by molar-refractivity contribution is 0.0951. The standard InChI is InChI=1S/C24H27N3O2/c1-16(2)13-19-5-4-6-21(14-19)29-20-10-8-18(9-11-20)15-26-24(28)22-12-7-17(3)27-23(22)25/h4-12,14,16H,13,15H2,1-3H3,(H2,25,27)(H,26,28). The highest BCUT2D eigenvalue weighted by molar-refractivity contribution is 5.98. The van der Waals surface area contributed by atoms with Gasteiger partial charge in [0.2, 0.25) is 0 Å². The molecule has 150 valence electrons. The van der Waals surface area contributed by atoms with Crippen LogP contribution in [-0.4, -0.2) is 10.9 Å². The highest BCUT2D eigenvalue weighted by atomic mass is 16.5. The SMILES string of the molecule is Cc1ccc(C(=O)NCc2ccc(Oc3cccc(CC(C)C)c3)cc2)c(N)n1. The molecule has 2 aromatic carbocycles. The van der Waals surface area contributed by atoms with E-state index >= 15 is 0 Å². The number of carbonyl (C=O) groups is 1. The van der Waals surface area contributed by atoms with Crippen molar-refractivity contribution in [3.8, 4) is 11.5 Å². The first-order chi connectivity index (χ1) is 13.9. The van der Waals surface area contributed by atoms with Gasteiger partial charge in [0.05, 0.1) is 5.56 Å². The molecule has 0 spiro atoms. The predicted molar refractivity (Wildman–Crippen MR) is 116 cm³/mol. The number of hydrogen-bond donors (Lipinski definition) is 2. The number of nitrogen functional groups attached to an aromatic ring is 1. The molecule has 5 nitrogen and oxygen atoms in total. The molecule has 3 aromatic rings. The van der Waals surface area contributed by atoms with Crippen molar-refractivity contribution < 1.29 is 9.53 Å². The Morgan fingerprint density at radius 3 is 2.48 bits per heavy atom. The number of nitrogens with zero attached hydrogens (tertiary/aromatic N) is 1. The third-order valence-electron chi connectivity index (χ3n) is 4.46. The molecular formula is C24H27N3O2. The average Bonchev–Trinajstić information content (AvgIpc) is 2.67. The van der Waals surface area contributed by atoms with Gasteiger partial charge >= 0.3 is 0 Å². The van der Waals surface area contributed by atoms with Crippen LogP contribution in [-0.2, 0) is 13.0 Å². The van der Waals surface area contributed by atoms with Gasteiger partial charge in [-0.15, -0.1) is 0 Å². The fourth-order valence-electron chi connectivity index (χ4n) is 3.07. The van der Waals surface area contributed by atoms with Gasteiger partial charge in [0, 0.05) is 12.2 Å². The monoisotopic (exact) mass is 389 g/mol. The molecule has 0 bridgehead atoms. The van der Waals surface area contributed by atoms with Gasteiger partial charge in [0.25, 0.3) is 5.91 Å². The first-order valence-electron chi connectivity index (χ1n) is 9.78. The van der Waals surface area contributed by atoms with Gasteiger partial charge in [-0.05, 0) is 66.8 Å². The van der Waals surface area contributed by atoms with Crippen molar-refractivity contribution in [2.75, 3.05) is 5.73 Å². The molecule has 0 fully saturated rings. The van der Waals surface area contributed by atoms with E-state index < -0.39 is 0 Å². The second kappa shape index (κ2) is 9.24. The highest BCUT2D eigenvalue weighted by Gasteiger charge is 2.10. The molecule has 3 N–H and O–H groups in total. The summed E-state index contributed by atoms with van der Waals surface area (Å²) in [6, 6.07) is 19.3. The zero-order valence-electron chi connectivity index (χ0n) is 17.1. The summed E-state index contributed by atoms with van der Waals surface area (Å²) >= 11 is 0. The molecule has 1 heterocycles. The van der Waals surface area contributed by atoms with Gasteiger partial charge in [-0.3, -0.25) is 4.79 Å². The van der Waals surface area contributed by atoms with E-state index in [0.29, 0.717) is 18.0 Å². The minimum Gasteiger partial charge on any atom is -0.457 e. The normalized spacial score (nSPS) is 10.8. The molecule has 0 radical (unpaired) electrons. The van der Waals surface area contributed by atoms with Gasteiger partial charge in [-0.2, -0.15) is 0 Å². The molecule has 29 heavy (non-hydrogen) atoms. The summed E-state index contributed by atoms with van der Waals surface area (Å²) in [7, 11) is 0. The van der Waals surface area contributed by atoms with Crippen molar-refractivity contribution in [3.63, 3.8) is 0 Å². The number of pyridine rings is 1. The summed E-state index contributed by atoms with van der Waals surface area (Å²) in [5, 5.41) is 2.87. The Morgan fingerprint density at radius 2 is 1.79 bits per heavy atom. The van der Waals surface area contributed by atoms with E-state index in [4.69, 9.17) is 10.5 Å². The number of hydrogen-bond acceptors (Lipinski definition) is 4. The molecule has 0 atom stereocenters. The molecule has 3 rings (SSSR count). The summed E-state index contributed by atoms with van der Waals surface area (Å²) in [5.41, 5.74) is 9.24. The fraction of sp³-hybridized carbons (Fsp3) is 0.250. The van der Waals surface area contributed by atoms with Crippen molar-refractivity contribution in [1.29, 1.82) is 0 Å². The minimum atomic E-state index is -0.239. The van der Waals surface area contributed by atoms with Crippen LogP contribution in [0.3, 0.4) is 0 Å². The molecule has 0 saturated heterocycles. The maximum absolute atomic E-state index is 12.3. The van der Waals surface area contributed by atoms with Gasteiger partial charge in [-0.25, -0.2) is 4.98 Å². The summed E-state index contributed by atoms with van der Waals surface area (Å²) in [6.07, 6.45) is 1.02. The summed E-state index contributed by atoms with van der Waals surface area (Å²) < 4.78 is 5.97. The number of aromatic nitrogens is 1. The van der Waals surface area contributed by atoms with E-state index in [1.807, 2.05) is 43.3 Å². The van der Waals surface area contributed by atoms with Crippen LogP contribution in [0, 0.1) is 12.8 Å². The van der Waals surface area contributed by atoms with Crippen molar-refractivity contribution in [2.24, 2.45) is 5.92 Å². The Balaban J connectivity index is 1.58. The number of rotatable bonds is 7. The molecule has 1 aromatic heterocycles. The predicted octanol–water partition coefficient (Wildman–Crippen LogP) is 4.89. The number of ether oxygens (including phenoxy) is 1. The molecule has 0 aliphatic heterocycles. The first kappa shape index (κ1) is 20.4. The van der Waals surface area contributed by atoms with Crippen molar-refractivity contribution in [1.82, 2.24) is 10.3 Å². The molecule has 0 unspecified atom stereocenters. The Morgan fingerprint density at radius 1 is 1.03 bits per heavy atom. The smallest absolute Gasteiger partial charge is 0.255 e. The zero-order chi connectivity index (χ0) is 20.8. The second-order valence-electron chi connectivity index (χ2n) is 7.56. The Bertz CT molecular complexity index is 982. The molecule has 1 amide bonds. The average molecular weight is 389 g/mol. The molecule has 5 heteroatoms. The van der Waals surface area contributed by atoms with Crippen LogP contribution in [0.5, 0.6) is 11.5 Å². The largest absolute Gasteiger partial charge is 0.457 e.